The first-order chi connectivity index (χ1) is 22.8. The fourth-order valence-electron chi connectivity index (χ4n) is 13.0. The highest BCUT2D eigenvalue weighted by Gasteiger charge is 2.73. The quantitative estimate of drug-likeness (QED) is 0.136. The molecule has 17 atom stereocenters. The Bertz CT molecular complexity index is 1310. The molecule has 0 spiro atoms. The van der Waals surface area contributed by atoms with Crippen LogP contribution in [0.15, 0.2) is 11.6 Å². The zero-order valence-electron chi connectivity index (χ0n) is 29.7. The first-order valence-electron chi connectivity index (χ1n) is 18.3. The number of hydrogen-bond acceptors (Lipinski definition) is 11. The van der Waals surface area contributed by atoms with Crippen LogP contribution < -0.4 is 0 Å². The Balaban J connectivity index is 1.41. The van der Waals surface area contributed by atoms with Crippen molar-refractivity contribution in [2.45, 2.75) is 129 Å². The fraction of sp³-hybridized carbons (Fsp3) is 0.919. The molecular weight excluding hydrogens is 636 g/mol. The molecule has 0 bridgehead atoms. The summed E-state index contributed by atoms with van der Waals surface area (Å²) in [4.78, 5) is 13.3. The summed E-state index contributed by atoms with van der Waals surface area (Å²) >= 11 is 0. The van der Waals surface area contributed by atoms with Gasteiger partial charge < -0.3 is 55.4 Å². The number of aliphatic carboxylic acids is 1. The molecule has 4 saturated carbocycles. The van der Waals surface area contributed by atoms with E-state index < -0.39 is 88.5 Å². The van der Waals surface area contributed by atoms with Gasteiger partial charge in [-0.25, -0.2) is 0 Å². The number of carbonyl (C=O) groups is 1. The van der Waals surface area contributed by atoms with Gasteiger partial charge in [0.15, 0.2) is 6.29 Å². The van der Waals surface area contributed by atoms with E-state index in [9.17, 15) is 50.8 Å². The molecule has 0 aromatic rings. The van der Waals surface area contributed by atoms with E-state index in [0.717, 1.165) is 5.57 Å². The summed E-state index contributed by atoms with van der Waals surface area (Å²) < 4.78 is 11.8. The second-order valence-corrected chi connectivity index (χ2v) is 18.1. The van der Waals surface area contributed by atoms with Gasteiger partial charge in [-0.1, -0.05) is 46.3 Å². The summed E-state index contributed by atoms with van der Waals surface area (Å²) in [6.07, 6.45) is -2.87. The molecule has 0 amide bonds. The Morgan fingerprint density at radius 3 is 2.24 bits per heavy atom. The predicted molar refractivity (Wildman–Crippen MR) is 175 cm³/mol. The van der Waals surface area contributed by atoms with Crippen LogP contribution in [0.5, 0.6) is 0 Å². The molecule has 0 aromatic carbocycles. The average molecular weight is 697 g/mol. The monoisotopic (exact) mass is 696 g/mol. The number of aliphatic hydroxyl groups excluding tert-OH is 8. The number of hydrogen-bond donors (Lipinski definition) is 9. The maximum absolute atomic E-state index is 13.3. The zero-order chi connectivity index (χ0) is 36.1. The highest BCUT2D eigenvalue weighted by molar-refractivity contribution is 5.77. The molecule has 0 aromatic heterocycles. The number of carboxylic acids is 1. The van der Waals surface area contributed by atoms with Crippen LogP contribution in [0.4, 0.5) is 0 Å². The van der Waals surface area contributed by atoms with Gasteiger partial charge in [0.1, 0.15) is 18.3 Å². The highest BCUT2D eigenvalue weighted by atomic mass is 16.7. The van der Waals surface area contributed by atoms with Crippen LogP contribution in [-0.2, 0) is 14.3 Å². The second-order valence-electron chi connectivity index (χ2n) is 18.1. The maximum atomic E-state index is 13.3. The van der Waals surface area contributed by atoms with Gasteiger partial charge in [0.25, 0.3) is 0 Å². The molecule has 5 fully saturated rings. The molecule has 1 saturated heterocycles. The second kappa shape index (κ2) is 12.5. The first-order valence-corrected chi connectivity index (χ1v) is 18.3. The van der Waals surface area contributed by atoms with Crippen LogP contribution in [0, 0.1) is 56.2 Å². The normalized spacial score (nSPS) is 54.8. The van der Waals surface area contributed by atoms with Crippen molar-refractivity contribution in [2.75, 3.05) is 26.4 Å². The Hall–Kier alpha value is -1.19. The minimum atomic E-state index is -1.59. The molecule has 280 valence electrons. The lowest BCUT2D eigenvalue weighted by Crippen LogP contribution is -2.71. The van der Waals surface area contributed by atoms with Crippen molar-refractivity contribution >= 4 is 5.97 Å². The van der Waals surface area contributed by atoms with Gasteiger partial charge in [-0.2, -0.15) is 0 Å². The molecule has 1 heterocycles. The molecule has 5 aliphatic carbocycles. The summed E-state index contributed by atoms with van der Waals surface area (Å²) in [7, 11) is 0. The van der Waals surface area contributed by atoms with E-state index in [2.05, 4.69) is 26.8 Å². The third-order valence-corrected chi connectivity index (χ3v) is 16.0. The molecule has 0 radical (unpaired) electrons. The molecule has 6 rings (SSSR count). The molecule has 49 heavy (non-hydrogen) atoms. The van der Waals surface area contributed by atoms with E-state index in [1.54, 1.807) is 6.92 Å². The molecule has 0 unspecified atom stereocenters. The summed E-state index contributed by atoms with van der Waals surface area (Å²) in [6.45, 7) is 9.31. The van der Waals surface area contributed by atoms with Crippen molar-refractivity contribution in [3.63, 3.8) is 0 Å². The van der Waals surface area contributed by atoms with E-state index >= 15 is 0 Å². The molecule has 1 aliphatic heterocycles. The van der Waals surface area contributed by atoms with Gasteiger partial charge in [-0.05, 0) is 96.7 Å². The topological polar surface area (TPSA) is 218 Å². The lowest BCUT2D eigenvalue weighted by atomic mass is 9.32. The Labute approximate surface area is 289 Å². The van der Waals surface area contributed by atoms with Crippen molar-refractivity contribution in [2.24, 2.45) is 56.2 Å². The number of fused-ring (bicyclic) bond motifs is 7. The SMILES string of the molecule is C[C@]1(CO)CC[C@]2(C(=O)O)[C@@H](CO)C[C@]3(C)C(=CC[C@@H]4[C@@]5(C)C[C@@H](O)[C@@H](O[C@@H]6OC[C@@H](O)[C@H](O)[C@H]6O)[C@@](C)([C@H](O)CO)[C@H]5CC[C@]43C)[C@@H]2C1. The molecule has 12 heteroatoms. The van der Waals surface area contributed by atoms with Crippen molar-refractivity contribution in [1.29, 1.82) is 0 Å². The molecule has 9 N–H and O–H groups in total. The smallest absolute Gasteiger partial charge is 0.310 e. The first kappa shape index (κ1) is 37.6. The van der Waals surface area contributed by atoms with Crippen molar-refractivity contribution in [3.8, 4) is 0 Å². The third kappa shape index (κ3) is 5.02. The van der Waals surface area contributed by atoms with E-state index in [-0.39, 0.29) is 49.4 Å². The minimum Gasteiger partial charge on any atom is -0.481 e. The number of ether oxygens (including phenoxy) is 2. The van der Waals surface area contributed by atoms with Crippen LogP contribution >= 0.6 is 0 Å². The average Bonchev–Trinajstić information content (AvgIpc) is 3.05. The number of aliphatic hydroxyl groups is 8. The maximum Gasteiger partial charge on any atom is 0.310 e. The van der Waals surface area contributed by atoms with E-state index in [1.165, 1.54) is 0 Å². The third-order valence-electron chi connectivity index (χ3n) is 16.0. The lowest BCUT2D eigenvalue weighted by molar-refractivity contribution is -0.336. The van der Waals surface area contributed by atoms with Crippen LogP contribution in [0.2, 0.25) is 0 Å². The Kier molecular flexibility index (Phi) is 9.55. The van der Waals surface area contributed by atoms with Gasteiger partial charge in [-0.15, -0.1) is 0 Å². The number of allylic oxidation sites excluding steroid dienone is 2. The van der Waals surface area contributed by atoms with E-state index in [0.29, 0.717) is 44.9 Å². The number of rotatable bonds is 7. The molecule has 6 aliphatic rings. The van der Waals surface area contributed by atoms with Gasteiger partial charge in [0, 0.05) is 18.6 Å². The summed E-state index contributed by atoms with van der Waals surface area (Å²) in [5.74, 6) is -1.99. The largest absolute Gasteiger partial charge is 0.481 e. The molecular formula is C37H60O12. The van der Waals surface area contributed by atoms with Crippen LogP contribution in [-0.4, -0.2) is 121 Å². The van der Waals surface area contributed by atoms with Gasteiger partial charge >= 0.3 is 5.97 Å². The van der Waals surface area contributed by atoms with Crippen LogP contribution in [0.25, 0.3) is 0 Å². The highest BCUT2D eigenvalue weighted by Crippen LogP contribution is 2.77. The standard InChI is InChI=1S/C37H60O12/c1-32(18-40)10-11-37(31(46)47)19(15-38)12-35(4)20(21(37)13-32)6-7-24-33(2)14-22(41)29(49-30-28(45)27(44)23(42)17-48-30)36(5,26(43)16-39)25(33)8-9-34(24,35)3/h6,19,21-30,38-45H,7-18H2,1-5H3,(H,46,47)/t19-,21+,22-,23-,24-,25+,26-,27+,28-,29-,30+,32+,33-,34-,35-,36-,37+/m1/s1. The van der Waals surface area contributed by atoms with E-state index in [1.807, 2.05) is 6.92 Å². The molecule has 12 nitrogen and oxygen atoms in total. The van der Waals surface area contributed by atoms with E-state index in [4.69, 9.17) is 9.47 Å². The minimum absolute atomic E-state index is 0.0219. The Morgan fingerprint density at radius 2 is 1.63 bits per heavy atom. The summed E-state index contributed by atoms with van der Waals surface area (Å²) in [5, 5.41) is 97.1. The summed E-state index contributed by atoms with van der Waals surface area (Å²) in [5.41, 5.74) is -3.10. The van der Waals surface area contributed by atoms with Crippen molar-refractivity contribution < 1.29 is 60.2 Å². The lowest BCUT2D eigenvalue weighted by Gasteiger charge is -2.73. The fourth-order valence-corrected chi connectivity index (χ4v) is 13.0. The van der Waals surface area contributed by atoms with Crippen LogP contribution in [0.3, 0.4) is 0 Å². The van der Waals surface area contributed by atoms with Crippen molar-refractivity contribution in [1.82, 2.24) is 0 Å². The summed E-state index contributed by atoms with van der Waals surface area (Å²) in [6, 6.07) is 0. The Morgan fingerprint density at radius 1 is 0.939 bits per heavy atom. The van der Waals surface area contributed by atoms with Crippen LogP contribution in [0.1, 0.15) is 86.0 Å². The predicted octanol–water partition coefficient (Wildman–Crippen LogP) is 1.19. The zero-order valence-corrected chi connectivity index (χ0v) is 29.7. The van der Waals surface area contributed by atoms with Gasteiger partial charge in [-0.3, -0.25) is 4.79 Å². The van der Waals surface area contributed by atoms with Crippen molar-refractivity contribution in [3.05, 3.63) is 11.6 Å². The van der Waals surface area contributed by atoms with Gasteiger partial charge in [0.05, 0.1) is 36.9 Å². The number of carboxylic acid groups (broad SMARTS) is 1. The van der Waals surface area contributed by atoms with Gasteiger partial charge in [0.2, 0.25) is 0 Å².